The number of piperazine rings is 1. The number of rotatable bonds is 4. The van der Waals surface area contributed by atoms with E-state index in [4.69, 9.17) is 0 Å². The van der Waals surface area contributed by atoms with E-state index in [9.17, 15) is 4.79 Å². The van der Waals surface area contributed by atoms with Gasteiger partial charge in [0, 0.05) is 38.6 Å². The van der Waals surface area contributed by atoms with Crippen molar-refractivity contribution in [3.8, 4) is 0 Å². The van der Waals surface area contributed by atoms with Gasteiger partial charge in [-0.15, -0.1) is 0 Å². The summed E-state index contributed by atoms with van der Waals surface area (Å²) in [4.78, 5) is 16.1. The van der Waals surface area contributed by atoms with E-state index in [-0.39, 0.29) is 11.4 Å². The van der Waals surface area contributed by atoms with Crippen molar-refractivity contribution in [1.29, 1.82) is 0 Å². The summed E-state index contributed by atoms with van der Waals surface area (Å²) >= 11 is 0. The van der Waals surface area contributed by atoms with E-state index in [1.165, 1.54) is 5.56 Å². The van der Waals surface area contributed by atoms with Crippen LogP contribution in [0, 0.1) is 0 Å². The van der Waals surface area contributed by atoms with E-state index in [0.717, 1.165) is 32.6 Å². The molecule has 1 aromatic rings. The zero-order chi connectivity index (χ0) is 15.5. The first kappa shape index (κ1) is 16.0. The highest BCUT2D eigenvalue weighted by molar-refractivity contribution is 5.73. The predicted octanol–water partition coefficient (Wildman–Crippen LogP) is 3.12. The lowest BCUT2D eigenvalue weighted by Gasteiger charge is -2.48. The highest BCUT2D eigenvalue weighted by atomic mass is 16.2. The average Bonchev–Trinajstić information content (AvgIpc) is 2.46. The van der Waals surface area contributed by atoms with Gasteiger partial charge in [0.2, 0.25) is 5.91 Å². The summed E-state index contributed by atoms with van der Waals surface area (Å²) in [6, 6.07) is 10.8. The van der Waals surface area contributed by atoms with Crippen LogP contribution in [0.15, 0.2) is 30.3 Å². The van der Waals surface area contributed by atoms with Crippen LogP contribution in [0.2, 0.25) is 0 Å². The van der Waals surface area contributed by atoms with E-state index in [1.54, 1.807) is 6.92 Å². The summed E-state index contributed by atoms with van der Waals surface area (Å²) in [6.07, 6.45) is 1.15. The molecule has 1 aromatic carbocycles. The third-order valence-electron chi connectivity index (χ3n) is 4.72. The van der Waals surface area contributed by atoms with Gasteiger partial charge in [0.15, 0.2) is 0 Å². The van der Waals surface area contributed by atoms with Crippen molar-refractivity contribution in [1.82, 2.24) is 9.80 Å². The molecule has 116 valence electrons. The van der Waals surface area contributed by atoms with Crippen LogP contribution in [0.4, 0.5) is 0 Å². The van der Waals surface area contributed by atoms with E-state index in [2.05, 4.69) is 56.0 Å². The van der Waals surface area contributed by atoms with Crippen LogP contribution in [-0.2, 0) is 4.79 Å². The van der Waals surface area contributed by atoms with Gasteiger partial charge in [-0.05, 0) is 31.7 Å². The monoisotopic (exact) mass is 288 g/mol. The molecular weight excluding hydrogens is 260 g/mol. The van der Waals surface area contributed by atoms with Crippen molar-refractivity contribution in [3.63, 3.8) is 0 Å². The normalized spacial score (nSPS) is 20.3. The molecule has 0 radical (unpaired) electrons. The van der Waals surface area contributed by atoms with Crippen LogP contribution >= 0.6 is 0 Å². The lowest BCUT2D eigenvalue weighted by atomic mass is 9.91. The highest BCUT2D eigenvalue weighted by Crippen LogP contribution is 2.27. The molecule has 3 heteroatoms. The van der Waals surface area contributed by atoms with Crippen LogP contribution in [-0.4, -0.2) is 47.4 Å². The number of carbonyl (C=O) groups excluding carboxylic acids is 1. The van der Waals surface area contributed by atoms with E-state index < -0.39 is 0 Å². The van der Waals surface area contributed by atoms with E-state index in [0.29, 0.717) is 5.92 Å². The lowest BCUT2D eigenvalue weighted by molar-refractivity contribution is -0.133. The topological polar surface area (TPSA) is 23.6 Å². The molecule has 1 heterocycles. The second-order valence-electron chi connectivity index (χ2n) is 6.71. The van der Waals surface area contributed by atoms with Crippen LogP contribution in [0.5, 0.6) is 0 Å². The number of hydrogen-bond donors (Lipinski definition) is 0. The maximum Gasteiger partial charge on any atom is 0.219 e. The highest BCUT2D eigenvalue weighted by Gasteiger charge is 2.35. The molecule has 1 saturated heterocycles. The molecule has 1 amide bonds. The van der Waals surface area contributed by atoms with Crippen LogP contribution < -0.4 is 0 Å². The van der Waals surface area contributed by atoms with Gasteiger partial charge in [-0.2, -0.15) is 0 Å². The maximum absolute atomic E-state index is 11.6. The first-order valence-electron chi connectivity index (χ1n) is 7.99. The molecule has 1 atom stereocenters. The predicted molar refractivity (Wildman–Crippen MR) is 87.4 cm³/mol. The Labute approximate surface area is 128 Å². The van der Waals surface area contributed by atoms with Gasteiger partial charge in [0.1, 0.15) is 0 Å². The molecule has 0 spiro atoms. The van der Waals surface area contributed by atoms with Gasteiger partial charge in [-0.3, -0.25) is 9.69 Å². The van der Waals surface area contributed by atoms with Crippen molar-refractivity contribution in [2.45, 2.75) is 45.6 Å². The van der Waals surface area contributed by atoms with Gasteiger partial charge >= 0.3 is 0 Å². The van der Waals surface area contributed by atoms with Gasteiger partial charge in [0.05, 0.1) is 0 Å². The fraction of sp³-hybridized carbons (Fsp3) is 0.611. The molecule has 0 aliphatic carbocycles. The van der Waals surface area contributed by atoms with Crippen molar-refractivity contribution in [3.05, 3.63) is 35.9 Å². The standard InChI is InChI=1S/C18H28N2O/c1-5-16(17-9-7-6-8-10-17)13-20-12-11-19(15(2)21)14-18(20,3)4/h6-10,16H,5,11-14H2,1-4H3/t16-/m1/s1. The van der Waals surface area contributed by atoms with Crippen molar-refractivity contribution in [2.75, 3.05) is 26.2 Å². The first-order chi connectivity index (χ1) is 9.94. The minimum Gasteiger partial charge on any atom is -0.340 e. The molecule has 1 fully saturated rings. The van der Waals surface area contributed by atoms with Crippen molar-refractivity contribution in [2.24, 2.45) is 0 Å². The fourth-order valence-corrected chi connectivity index (χ4v) is 3.26. The minimum absolute atomic E-state index is 0.0477. The largest absolute Gasteiger partial charge is 0.340 e. The molecule has 0 saturated carbocycles. The Morgan fingerprint density at radius 3 is 2.43 bits per heavy atom. The van der Waals surface area contributed by atoms with Crippen molar-refractivity contribution < 1.29 is 4.79 Å². The Bertz CT molecular complexity index is 469. The molecule has 1 aliphatic rings. The Balaban J connectivity index is 2.06. The van der Waals surface area contributed by atoms with Gasteiger partial charge in [0.25, 0.3) is 0 Å². The Kier molecular flexibility index (Phi) is 5.04. The van der Waals surface area contributed by atoms with Crippen LogP contribution in [0.25, 0.3) is 0 Å². The average molecular weight is 288 g/mol. The molecule has 2 rings (SSSR count). The molecule has 21 heavy (non-hydrogen) atoms. The molecular formula is C18H28N2O. The summed E-state index contributed by atoms with van der Waals surface area (Å²) in [5.74, 6) is 0.757. The van der Waals surface area contributed by atoms with E-state index in [1.807, 2.05) is 4.90 Å². The number of carbonyl (C=O) groups is 1. The molecule has 1 aliphatic heterocycles. The third kappa shape index (κ3) is 3.85. The number of amides is 1. The Hall–Kier alpha value is -1.35. The number of nitrogens with zero attached hydrogens (tertiary/aromatic N) is 2. The number of benzene rings is 1. The Morgan fingerprint density at radius 2 is 1.90 bits per heavy atom. The zero-order valence-electron chi connectivity index (χ0n) is 13.8. The van der Waals surface area contributed by atoms with Gasteiger partial charge < -0.3 is 4.90 Å². The summed E-state index contributed by atoms with van der Waals surface area (Å²) in [6.45, 7) is 12.1. The molecule has 0 aromatic heterocycles. The molecule has 3 nitrogen and oxygen atoms in total. The fourth-order valence-electron chi connectivity index (χ4n) is 3.26. The van der Waals surface area contributed by atoms with E-state index >= 15 is 0 Å². The zero-order valence-corrected chi connectivity index (χ0v) is 13.8. The second kappa shape index (κ2) is 6.61. The maximum atomic E-state index is 11.6. The summed E-state index contributed by atoms with van der Waals surface area (Å²) in [5, 5.41) is 0. The van der Waals surface area contributed by atoms with Crippen LogP contribution in [0.1, 0.15) is 45.6 Å². The second-order valence-corrected chi connectivity index (χ2v) is 6.71. The Morgan fingerprint density at radius 1 is 1.24 bits per heavy atom. The lowest BCUT2D eigenvalue weighted by Crippen LogP contribution is -2.60. The van der Waals surface area contributed by atoms with Crippen LogP contribution in [0.3, 0.4) is 0 Å². The van der Waals surface area contributed by atoms with Gasteiger partial charge in [-0.25, -0.2) is 0 Å². The van der Waals surface area contributed by atoms with Crippen molar-refractivity contribution >= 4 is 5.91 Å². The molecule has 0 unspecified atom stereocenters. The SMILES string of the molecule is CC[C@H](CN1CCN(C(C)=O)CC1(C)C)c1ccccc1. The summed E-state index contributed by atoms with van der Waals surface area (Å²) < 4.78 is 0. The smallest absolute Gasteiger partial charge is 0.219 e. The summed E-state index contributed by atoms with van der Waals surface area (Å²) in [7, 11) is 0. The van der Waals surface area contributed by atoms with Gasteiger partial charge in [-0.1, -0.05) is 37.3 Å². The first-order valence-corrected chi connectivity index (χ1v) is 7.99. The molecule has 0 N–H and O–H groups in total. The summed E-state index contributed by atoms with van der Waals surface area (Å²) in [5.41, 5.74) is 1.47. The molecule has 0 bridgehead atoms. The quantitative estimate of drug-likeness (QED) is 0.850. The number of hydrogen-bond acceptors (Lipinski definition) is 2. The minimum atomic E-state index is 0.0477. The third-order valence-corrected chi connectivity index (χ3v) is 4.72.